The van der Waals surface area contributed by atoms with Crippen LogP contribution >= 0.6 is 0 Å². The molecule has 0 spiro atoms. The van der Waals surface area contributed by atoms with E-state index in [2.05, 4.69) is 24.0 Å². The summed E-state index contributed by atoms with van der Waals surface area (Å²) in [6.45, 7) is 2.10. The summed E-state index contributed by atoms with van der Waals surface area (Å²) >= 11 is 0. The minimum atomic E-state index is 0.646. The number of hydrogen-bond donors (Lipinski definition) is 0. The van der Waals surface area contributed by atoms with E-state index in [9.17, 15) is 0 Å². The number of benzene rings is 1. The van der Waals surface area contributed by atoms with Crippen molar-refractivity contribution in [3.8, 4) is 17.0 Å². The van der Waals surface area contributed by atoms with Crippen LogP contribution in [0.5, 0.6) is 5.88 Å². The third-order valence-electron chi connectivity index (χ3n) is 2.40. The number of rotatable bonds is 2. The fourth-order valence-corrected chi connectivity index (χ4v) is 1.56. The van der Waals surface area contributed by atoms with E-state index in [0.717, 1.165) is 5.56 Å². The molecular weight excluding hydrogens is 186 g/mol. The monoisotopic (exact) mass is 199 g/mol. The molecule has 15 heavy (non-hydrogen) atoms. The zero-order chi connectivity index (χ0) is 10.7. The summed E-state index contributed by atoms with van der Waals surface area (Å²) in [5.74, 6) is 0.646. The van der Waals surface area contributed by atoms with Gasteiger partial charge in [-0.1, -0.05) is 24.3 Å². The highest BCUT2D eigenvalue weighted by Gasteiger charge is 2.01. The van der Waals surface area contributed by atoms with E-state index >= 15 is 0 Å². The predicted octanol–water partition coefficient (Wildman–Crippen LogP) is 3.07. The molecule has 0 saturated carbocycles. The van der Waals surface area contributed by atoms with Gasteiger partial charge >= 0.3 is 0 Å². The quantitative estimate of drug-likeness (QED) is 0.741. The number of hydrogen-bond acceptors (Lipinski definition) is 2. The number of pyridine rings is 1. The van der Waals surface area contributed by atoms with Crippen molar-refractivity contribution in [2.24, 2.45) is 0 Å². The van der Waals surface area contributed by atoms with Gasteiger partial charge in [-0.25, -0.2) is 4.98 Å². The molecule has 1 heterocycles. The average molecular weight is 199 g/mol. The first-order valence-electron chi connectivity index (χ1n) is 4.87. The van der Waals surface area contributed by atoms with E-state index < -0.39 is 0 Å². The van der Waals surface area contributed by atoms with E-state index in [1.54, 1.807) is 7.11 Å². The van der Waals surface area contributed by atoms with Crippen LogP contribution in [0.2, 0.25) is 0 Å². The maximum absolute atomic E-state index is 5.02. The number of nitrogens with zero attached hydrogens (tertiary/aromatic N) is 1. The van der Waals surface area contributed by atoms with Crippen LogP contribution < -0.4 is 4.74 Å². The Kier molecular flexibility index (Phi) is 2.68. The van der Waals surface area contributed by atoms with Crippen molar-refractivity contribution in [3.05, 3.63) is 48.2 Å². The van der Waals surface area contributed by atoms with Crippen LogP contribution in [0.1, 0.15) is 5.56 Å². The number of ether oxygens (including phenoxy) is 1. The molecule has 0 fully saturated rings. The van der Waals surface area contributed by atoms with Crippen LogP contribution in [-0.2, 0) is 0 Å². The molecule has 76 valence electrons. The summed E-state index contributed by atoms with van der Waals surface area (Å²) in [4.78, 5) is 4.19. The first kappa shape index (κ1) is 9.71. The first-order valence-corrected chi connectivity index (χ1v) is 4.87. The van der Waals surface area contributed by atoms with E-state index in [1.807, 2.05) is 30.5 Å². The third-order valence-corrected chi connectivity index (χ3v) is 2.40. The van der Waals surface area contributed by atoms with Crippen molar-refractivity contribution in [3.63, 3.8) is 0 Å². The van der Waals surface area contributed by atoms with Gasteiger partial charge in [0.15, 0.2) is 0 Å². The lowest BCUT2D eigenvalue weighted by molar-refractivity contribution is 0.398. The van der Waals surface area contributed by atoms with Gasteiger partial charge in [-0.05, 0) is 24.1 Å². The molecule has 0 radical (unpaired) electrons. The molecule has 2 heteroatoms. The van der Waals surface area contributed by atoms with Crippen molar-refractivity contribution in [2.45, 2.75) is 6.92 Å². The zero-order valence-electron chi connectivity index (χ0n) is 8.90. The van der Waals surface area contributed by atoms with Gasteiger partial charge in [0.25, 0.3) is 0 Å². The maximum Gasteiger partial charge on any atom is 0.212 e. The van der Waals surface area contributed by atoms with Crippen LogP contribution in [0.15, 0.2) is 42.6 Å². The molecule has 2 rings (SSSR count). The van der Waals surface area contributed by atoms with Crippen LogP contribution in [0.3, 0.4) is 0 Å². The smallest absolute Gasteiger partial charge is 0.212 e. The minimum Gasteiger partial charge on any atom is -0.481 e. The second kappa shape index (κ2) is 4.13. The standard InChI is InChI=1S/C13H13NO/c1-10-5-3-4-6-12(10)11-7-8-13(15-2)14-9-11/h3-9H,1-2H3. The molecule has 0 amide bonds. The van der Waals surface area contributed by atoms with Gasteiger partial charge in [-0.15, -0.1) is 0 Å². The first-order chi connectivity index (χ1) is 7.31. The van der Waals surface area contributed by atoms with Crippen molar-refractivity contribution in [1.82, 2.24) is 4.98 Å². The molecule has 1 aromatic carbocycles. The zero-order valence-corrected chi connectivity index (χ0v) is 8.90. The Bertz CT molecular complexity index is 448. The Morgan fingerprint density at radius 1 is 1.07 bits per heavy atom. The van der Waals surface area contributed by atoms with Crippen molar-refractivity contribution < 1.29 is 4.74 Å². The van der Waals surface area contributed by atoms with Crippen LogP contribution in [0, 0.1) is 6.92 Å². The van der Waals surface area contributed by atoms with Gasteiger partial charge in [0.2, 0.25) is 5.88 Å². The molecule has 0 unspecified atom stereocenters. The molecule has 0 aliphatic heterocycles. The van der Waals surface area contributed by atoms with Crippen molar-refractivity contribution >= 4 is 0 Å². The van der Waals surface area contributed by atoms with Crippen molar-refractivity contribution in [2.75, 3.05) is 7.11 Å². The molecule has 0 atom stereocenters. The van der Waals surface area contributed by atoms with Gasteiger partial charge in [-0.2, -0.15) is 0 Å². The summed E-state index contributed by atoms with van der Waals surface area (Å²) < 4.78 is 5.02. The minimum absolute atomic E-state index is 0.646. The number of aryl methyl sites for hydroxylation is 1. The second-order valence-corrected chi connectivity index (χ2v) is 3.40. The summed E-state index contributed by atoms with van der Waals surface area (Å²) in [6, 6.07) is 12.2. The van der Waals surface area contributed by atoms with Crippen molar-refractivity contribution in [1.29, 1.82) is 0 Å². The average Bonchev–Trinajstić information content (AvgIpc) is 2.30. The lowest BCUT2D eigenvalue weighted by atomic mass is 10.0. The molecule has 0 N–H and O–H groups in total. The summed E-state index contributed by atoms with van der Waals surface area (Å²) in [5, 5.41) is 0. The molecule has 1 aromatic heterocycles. The Hall–Kier alpha value is -1.83. The van der Waals surface area contributed by atoms with E-state index in [4.69, 9.17) is 4.74 Å². The molecule has 2 aromatic rings. The highest BCUT2D eigenvalue weighted by Crippen LogP contribution is 2.23. The highest BCUT2D eigenvalue weighted by atomic mass is 16.5. The van der Waals surface area contributed by atoms with E-state index in [-0.39, 0.29) is 0 Å². The summed E-state index contributed by atoms with van der Waals surface area (Å²) in [5.41, 5.74) is 3.59. The van der Waals surface area contributed by atoms with Crippen LogP contribution in [0.4, 0.5) is 0 Å². The third kappa shape index (κ3) is 1.99. The molecule has 0 aliphatic carbocycles. The topological polar surface area (TPSA) is 22.1 Å². The number of methoxy groups -OCH3 is 1. The molecule has 0 saturated heterocycles. The molecular formula is C13H13NO. The van der Waals surface area contributed by atoms with Crippen LogP contribution in [-0.4, -0.2) is 12.1 Å². The summed E-state index contributed by atoms with van der Waals surface area (Å²) in [7, 11) is 1.62. The van der Waals surface area contributed by atoms with Crippen LogP contribution in [0.25, 0.3) is 11.1 Å². The second-order valence-electron chi connectivity index (χ2n) is 3.40. The fraction of sp³-hybridized carbons (Fsp3) is 0.154. The van der Waals surface area contributed by atoms with Gasteiger partial charge in [0.05, 0.1) is 7.11 Å². The lowest BCUT2D eigenvalue weighted by Gasteiger charge is -2.05. The predicted molar refractivity (Wildman–Crippen MR) is 61.0 cm³/mol. The summed E-state index contributed by atoms with van der Waals surface area (Å²) in [6.07, 6.45) is 1.83. The molecule has 2 nitrogen and oxygen atoms in total. The fourth-order valence-electron chi connectivity index (χ4n) is 1.56. The van der Waals surface area contributed by atoms with E-state index in [0.29, 0.717) is 5.88 Å². The Morgan fingerprint density at radius 2 is 1.87 bits per heavy atom. The Labute approximate surface area is 89.6 Å². The Balaban J connectivity index is 2.42. The normalized spacial score (nSPS) is 10.0. The largest absolute Gasteiger partial charge is 0.481 e. The Morgan fingerprint density at radius 3 is 2.47 bits per heavy atom. The lowest BCUT2D eigenvalue weighted by Crippen LogP contribution is -1.88. The van der Waals surface area contributed by atoms with E-state index in [1.165, 1.54) is 11.1 Å². The molecule has 0 aliphatic rings. The SMILES string of the molecule is COc1ccc(-c2ccccc2C)cn1. The van der Waals surface area contributed by atoms with Gasteiger partial charge in [0.1, 0.15) is 0 Å². The van der Waals surface area contributed by atoms with Gasteiger partial charge < -0.3 is 4.74 Å². The van der Waals surface area contributed by atoms with Gasteiger partial charge in [0, 0.05) is 17.8 Å². The number of aromatic nitrogens is 1. The highest BCUT2D eigenvalue weighted by molar-refractivity contribution is 5.66. The van der Waals surface area contributed by atoms with Gasteiger partial charge in [-0.3, -0.25) is 0 Å². The molecule has 0 bridgehead atoms. The maximum atomic E-state index is 5.02.